The maximum atomic E-state index is 6.01. The Morgan fingerprint density at radius 1 is 1.59 bits per heavy atom. The molecule has 2 rings (SSSR count). The molecule has 1 fully saturated rings. The van der Waals surface area contributed by atoms with Gasteiger partial charge in [-0.3, -0.25) is 0 Å². The van der Waals surface area contributed by atoms with E-state index < -0.39 is 0 Å². The van der Waals surface area contributed by atoms with Gasteiger partial charge >= 0.3 is 0 Å². The number of methoxy groups -OCH3 is 1. The summed E-state index contributed by atoms with van der Waals surface area (Å²) < 4.78 is 5.12. The zero-order chi connectivity index (χ0) is 12.3. The summed E-state index contributed by atoms with van der Waals surface area (Å²) in [5.41, 5.74) is 6.55. The van der Waals surface area contributed by atoms with Crippen LogP contribution in [0.1, 0.15) is 13.3 Å². The van der Waals surface area contributed by atoms with E-state index in [1.165, 1.54) is 12.7 Å². The molecule has 1 aliphatic heterocycles. The average Bonchev–Trinajstić information content (AvgIpc) is 2.39. The van der Waals surface area contributed by atoms with Crippen LogP contribution in [0.5, 0.6) is 5.88 Å². The van der Waals surface area contributed by atoms with Gasteiger partial charge in [0.25, 0.3) is 0 Å². The molecular weight excluding hydrogens is 236 g/mol. The van der Waals surface area contributed by atoms with Crippen molar-refractivity contribution >= 4 is 23.3 Å². The smallest absolute Gasteiger partial charge is 0.242 e. The molecule has 0 saturated carbocycles. The fourth-order valence-corrected chi connectivity index (χ4v) is 3.12. The standard InChI is InChI=1S/C11H18N4OS/c1-3-8-6-15(4-5-17-8)10-9(12)11(16-2)14-7-13-10/h7-8H,3-6,12H2,1-2H3. The summed E-state index contributed by atoms with van der Waals surface area (Å²) >= 11 is 2.02. The van der Waals surface area contributed by atoms with E-state index in [1.807, 2.05) is 11.8 Å². The second-order valence-electron chi connectivity index (χ2n) is 3.97. The molecule has 2 heterocycles. The van der Waals surface area contributed by atoms with E-state index in [4.69, 9.17) is 10.5 Å². The number of aromatic nitrogens is 2. The number of nitrogens with two attached hydrogens (primary N) is 1. The zero-order valence-corrected chi connectivity index (χ0v) is 11.0. The van der Waals surface area contributed by atoms with Crippen LogP contribution in [0, 0.1) is 0 Å². The minimum atomic E-state index is 0.460. The van der Waals surface area contributed by atoms with Gasteiger partial charge in [0.1, 0.15) is 12.0 Å². The third-order valence-corrected chi connectivity index (χ3v) is 4.29. The first-order chi connectivity index (χ1) is 8.26. The van der Waals surface area contributed by atoms with E-state index in [0.29, 0.717) is 16.8 Å². The first-order valence-electron chi connectivity index (χ1n) is 5.77. The number of nitrogens with zero attached hydrogens (tertiary/aromatic N) is 3. The first kappa shape index (κ1) is 12.3. The van der Waals surface area contributed by atoms with Crippen molar-refractivity contribution in [1.82, 2.24) is 9.97 Å². The molecule has 17 heavy (non-hydrogen) atoms. The van der Waals surface area contributed by atoms with Crippen LogP contribution in [0.4, 0.5) is 11.5 Å². The highest BCUT2D eigenvalue weighted by Crippen LogP contribution is 2.31. The third kappa shape index (κ3) is 2.57. The van der Waals surface area contributed by atoms with Crippen LogP contribution in [-0.4, -0.2) is 41.2 Å². The number of thioether (sulfide) groups is 1. The van der Waals surface area contributed by atoms with Crippen LogP contribution in [0.25, 0.3) is 0 Å². The van der Waals surface area contributed by atoms with Crippen LogP contribution in [-0.2, 0) is 0 Å². The van der Waals surface area contributed by atoms with Gasteiger partial charge < -0.3 is 15.4 Å². The lowest BCUT2D eigenvalue weighted by molar-refractivity contribution is 0.399. The fourth-order valence-electron chi connectivity index (χ4n) is 1.94. The Morgan fingerprint density at radius 3 is 3.12 bits per heavy atom. The van der Waals surface area contributed by atoms with Crippen LogP contribution in [0.15, 0.2) is 6.33 Å². The molecule has 1 saturated heterocycles. The van der Waals surface area contributed by atoms with Crippen molar-refractivity contribution in [1.29, 1.82) is 0 Å². The SMILES string of the molecule is CCC1CN(c2ncnc(OC)c2N)CCS1. The van der Waals surface area contributed by atoms with E-state index >= 15 is 0 Å². The Kier molecular flexibility index (Phi) is 3.93. The van der Waals surface area contributed by atoms with Crippen molar-refractivity contribution in [3.05, 3.63) is 6.33 Å². The molecule has 0 radical (unpaired) electrons. The maximum absolute atomic E-state index is 6.01. The van der Waals surface area contributed by atoms with Crippen LogP contribution in [0.2, 0.25) is 0 Å². The molecule has 1 aromatic rings. The highest BCUT2D eigenvalue weighted by molar-refractivity contribution is 8.00. The number of hydrogen-bond acceptors (Lipinski definition) is 6. The second kappa shape index (κ2) is 5.44. The molecule has 94 valence electrons. The lowest BCUT2D eigenvalue weighted by atomic mass is 10.3. The summed E-state index contributed by atoms with van der Waals surface area (Å²) in [5, 5.41) is 0.657. The monoisotopic (exact) mass is 254 g/mol. The molecule has 0 amide bonds. The van der Waals surface area contributed by atoms with Gasteiger partial charge in [-0.25, -0.2) is 4.98 Å². The molecule has 2 N–H and O–H groups in total. The number of rotatable bonds is 3. The van der Waals surface area contributed by atoms with Gasteiger partial charge in [-0.1, -0.05) is 6.92 Å². The molecule has 0 bridgehead atoms. The maximum Gasteiger partial charge on any atom is 0.242 e. The van der Waals surface area contributed by atoms with E-state index in [9.17, 15) is 0 Å². The first-order valence-corrected chi connectivity index (χ1v) is 6.82. The van der Waals surface area contributed by atoms with Crippen LogP contribution >= 0.6 is 11.8 Å². The zero-order valence-electron chi connectivity index (χ0n) is 10.2. The summed E-state index contributed by atoms with van der Waals surface area (Å²) in [6, 6.07) is 0. The largest absolute Gasteiger partial charge is 0.479 e. The van der Waals surface area contributed by atoms with Crippen LogP contribution in [0.3, 0.4) is 0 Å². The normalized spacial score (nSPS) is 20.4. The molecular formula is C11H18N4OS. The molecule has 5 nitrogen and oxygen atoms in total. The average molecular weight is 254 g/mol. The van der Waals surface area contributed by atoms with E-state index in [0.717, 1.165) is 24.7 Å². The summed E-state index contributed by atoms with van der Waals surface area (Å²) in [6.45, 7) is 4.18. The number of nitrogen functional groups attached to an aromatic ring is 1. The van der Waals surface area contributed by atoms with Crippen molar-refractivity contribution in [3.63, 3.8) is 0 Å². The van der Waals surface area contributed by atoms with Gasteiger partial charge in [0, 0.05) is 24.1 Å². The minimum Gasteiger partial charge on any atom is -0.479 e. The number of anilines is 2. The Bertz CT molecular complexity index is 388. The van der Waals surface area contributed by atoms with E-state index in [1.54, 1.807) is 7.11 Å². The molecule has 0 aromatic carbocycles. The molecule has 1 unspecified atom stereocenters. The van der Waals surface area contributed by atoms with Gasteiger partial charge in [-0.05, 0) is 6.42 Å². The van der Waals surface area contributed by atoms with Crippen molar-refractivity contribution in [3.8, 4) is 5.88 Å². The summed E-state index contributed by atoms with van der Waals surface area (Å²) in [5.74, 6) is 2.38. The predicted molar refractivity (Wildman–Crippen MR) is 71.7 cm³/mol. The Hall–Kier alpha value is -1.17. The summed E-state index contributed by atoms with van der Waals surface area (Å²) in [4.78, 5) is 10.5. The lowest BCUT2D eigenvalue weighted by Gasteiger charge is -2.33. The Balaban J connectivity index is 2.21. The van der Waals surface area contributed by atoms with Gasteiger partial charge in [0.05, 0.1) is 7.11 Å². The third-order valence-electron chi connectivity index (χ3n) is 2.91. The topological polar surface area (TPSA) is 64.3 Å². The summed E-state index contributed by atoms with van der Waals surface area (Å²) in [7, 11) is 1.57. The predicted octanol–water partition coefficient (Wildman–Crippen LogP) is 1.40. The highest BCUT2D eigenvalue weighted by Gasteiger charge is 2.22. The molecule has 6 heteroatoms. The molecule has 1 aliphatic rings. The van der Waals surface area contributed by atoms with E-state index in [2.05, 4.69) is 21.8 Å². The van der Waals surface area contributed by atoms with Crippen molar-refractivity contribution < 1.29 is 4.74 Å². The van der Waals surface area contributed by atoms with Gasteiger partial charge in [-0.15, -0.1) is 0 Å². The Labute approximate surface area is 106 Å². The van der Waals surface area contributed by atoms with E-state index in [-0.39, 0.29) is 0 Å². The molecule has 1 aromatic heterocycles. The van der Waals surface area contributed by atoms with Crippen molar-refractivity contribution in [2.24, 2.45) is 0 Å². The fraction of sp³-hybridized carbons (Fsp3) is 0.636. The highest BCUT2D eigenvalue weighted by atomic mass is 32.2. The molecule has 0 aliphatic carbocycles. The van der Waals surface area contributed by atoms with Crippen LogP contribution < -0.4 is 15.4 Å². The van der Waals surface area contributed by atoms with Gasteiger partial charge in [-0.2, -0.15) is 16.7 Å². The van der Waals surface area contributed by atoms with Gasteiger partial charge in [0.2, 0.25) is 5.88 Å². The van der Waals surface area contributed by atoms with Crippen molar-refractivity contribution in [2.45, 2.75) is 18.6 Å². The molecule has 1 atom stereocenters. The minimum absolute atomic E-state index is 0.460. The number of ether oxygens (including phenoxy) is 1. The second-order valence-corrected chi connectivity index (χ2v) is 5.38. The summed E-state index contributed by atoms with van der Waals surface area (Å²) in [6.07, 6.45) is 2.68. The van der Waals surface area contributed by atoms with Gasteiger partial charge in [0.15, 0.2) is 5.82 Å². The lowest BCUT2D eigenvalue weighted by Crippen LogP contribution is -2.38. The number of hydrogen-bond donors (Lipinski definition) is 1. The molecule has 0 spiro atoms. The van der Waals surface area contributed by atoms with Crippen molar-refractivity contribution in [2.75, 3.05) is 36.6 Å². The Morgan fingerprint density at radius 2 is 2.41 bits per heavy atom. The quantitative estimate of drug-likeness (QED) is 0.879.